The van der Waals surface area contributed by atoms with Crippen LogP contribution in [-0.4, -0.2) is 37.8 Å². The van der Waals surface area contributed by atoms with E-state index in [1.54, 1.807) is 18.3 Å². The molecule has 0 atom stereocenters. The van der Waals surface area contributed by atoms with Crippen LogP contribution in [0.25, 0.3) is 0 Å². The van der Waals surface area contributed by atoms with Crippen LogP contribution < -0.4 is 10.1 Å². The lowest BCUT2D eigenvalue weighted by molar-refractivity contribution is 0.0580. The third-order valence-corrected chi connectivity index (χ3v) is 3.11. The lowest BCUT2D eigenvalue weighted by atomic mass is 9.82. The van der Waals surface area contributed by atoms with E-state index in [4.69, 9.17) is 4.74 Å². The fourth-order valence-electron chi connectivity index (χ4n) is 2.12. The average Bonchev–Trinajstić information content (AvgIpc) is 2.36. The van der Waals surface area contributed by atoms with Crippen LogP contribution in [0.5, 0.6) is 5.75 Å². The van der Waals surface area contributed by atoms with Crippen molar-refractivity contribution in [3.05, 3.63) is 24.0 Å². The normalized spacial score (nSPS) is 22.1. The van der Waals surface area contributed by atoms with Gasteiger partial charge in [0.05, 0.1) is 13.2 Å². The third-order valence-electron chi connectivity index (χ3n) is 3.11. The van der Waals surface area contributed by atoms with E-state index < -0.39 is 5.97 Å². The second-order valence-electron chi connectivity index (χ2n) is 4.50. The Morgan fingerprint density at radius 3 is 3.00 bits per heavy atom. The Morgan fingerprint density at radius 1 is 1.56 bits per heavy atom. The maximum Gasteiger partial charge on any atom is 0.356 e. The SMILES string of the molecule is CNCC1CC(Oc2ccnc(C(=O)OC)c2)C1. The van der Waals surface area contributed by atoms with E-state index in [9.17, 15) is 4.79 Å². The van der Waals surface area contributed by atoms with Crippen LogP contribution >= 0.6 is 0 Å². The molecule has 5 nitrogen and oxygen atoms in total. The van der Waals surface area contributed by atoms with Crippen molar-refractivity contribution in [2.24, 2.45) is 5.92 Å². The average molecular weight is 250 g/mol. The topological polar surface area (TPSA) is 60.5 Å². The Labute approximate surface area is 107 Å². The van der Waals surface area contributed by atoms with Crippen molar-refractivity contribution in [3.8, 4) is 5.75 Å². The molecule has 0 bridgehead atoms. The lowest BCUT2D eigenvalue weighted by Gasteiger charge is -2.35. The molecule has 0 saturated heterocycles. The monoisotopic (exact) mass is 250 g/mol. The van der Waals surface area contributed by atoms with Gasteiger partial charge >= 0.3 is 5.97 Å². The summed E-state index contributed by atoms with van der Waals surface area (Å²) in [5.74, 6) is 0.933. The van der Waals surface area contributed by atoms with Crippen molar-refractivity contribution in [1.29, 1.82) is 0 Å². The highest BCUT2D eigenvalue weighted by atomic mass is 16.5. The molecule has 0 unspecified atom stereocenters. The Morgan fingerprint density at radius 2 is 2.33 bits per heavy atom. The first-order valence-electron chi connectivity index (χ1n) is 6.08. The Balaban J connectivity index is 1.89. The van der Waals surface area contributed by atoms with Crippen LogP contribution in [0.4, 0.5) is 0 Å². The predicted molar refractivity (Wildman–Crippen MR) is 66.6 cm³/mol. The standard InChI is InChI=1S/C13H18N2O3/c1-14-8-9-5-11(6-9)18-10-3-4-15-12(7-10)13(16)17-2/h3-4,7,9,11,14H,5-6,8H2,1-2H3. The minimum atomic E-state index is -0.442. The summed E-state index contributed by atoms with van der Waals surface area (Å²) in [4.78, 5) is 15.3. The van der Waals surface area contributed by atoms with Crippen LogP contribution in [-0.2, 0) is 4.74 Å². The third kappa shape index (κ3) is 2.98. The molecule has 5 heteroatoms. The largest absolute Gasteiger partial charge is 0.490 e. The summed E-state index contributed by atoms with van der Waals surface area (Å²) in [6, 6.07) is 3.38. The number of nitrogens with zero attached hydrogens (tertiary/aromatic N) is 1. The number of hydrogen-bond donors (Lipinski definition) is 1. The van der Waals surface area contributed by atoms with Gasteiger partial charge in [-0.3, -0.25) is 0 Å². The van der Waals surface area contributed by atoms with Gasteiger partial charge < -0.3 is 14.8 Å². The van der Waals surface area contributed by atoms with Crippen molar-refractivity contribution in [2.45, 2.75) is 18.9 Å². The number of aromatic nitrogens is 1. The molecule has 0 aliphatic heterocycles. The lowest BCUT2D eigenvalue weighted by Crippen LogP contribution is -2.38. The molecule has 1 heterocycles. The van der Waals surface area contributed by atoms with Gasteiger partial charge in [-0.25, -0.2) is 9.78 Å². The fourth-order valence-corrected chi connectivity index (χ4v) is 2.12. The number of carbonyl (C=O) groups excluding carboxylic acids is 1. The maximum atomic E-state index is 11.3. The molecule has 1 aromatic heterocycles. The van der Waals surface area contributed by atoms with Crippen molar-refractivity contribution >= 4 is 5.97 Å². The summed E-state index contributed by atoms with van der Waals surface area (Å²) in [5, 5.41) is 3.16. The number of ether oxygens (including phenoxy) is 2. The molecule has 1 aliphatic carbocycles. The number of rotatable bonds is 5. The van der Waals surface area contributed by atoms with Gasteiger partial charge in [0.1, 0.15) is 5.75 Å². The molecule has 0 aromatic carbocycles. The van der Waals surface area contributed by atoms with E-state index in [1.807, 2.05) is 7.05 Å². The summed E-state index contributed by atoms with van der Waals surface area (Å²) in [5.41, 5.74) is 0.279. The minimum absolute atomic E-state index is 0.247. The number of methoxy groups -OCH3 is 1. The number of esters is 1. The molecule has 1 fully saturated rings. The molecular formula is C13H18N2O3. The van der Waals surface area contributed by atoms with E-state index in [-0.39, 0.29) is 11.8 Å². The summed E-state index contributed by atoms with van der Waals surface area (Å²) >= 11 is 0. The Kier molecular flexibility index (Phi) is 4.15. The molecule has 18 heavy (non-hydrogen) atoms. The highest BCUT2D eigenvalue weighted by molar-refractivity contribution is 5.87. The summed E-state index contributed by atoms with van der Waals surface area (Å²) in [6.07, 6.45) is 3.91. The van der Waals surface area contributed by atoms with E-state index in [2.05, 4.69) is 15.0 Å². The Hall–Kier alpha value is -1.62. The molecule has 98 valence electrons. The summed E-state index contributed by atoms with van der Waals surface area (Å²) < 4.78 is 10.4. The second kappa shape index (κ2) is 5.82. The fraction of sp³-hybridized carbons (Fsp3) is 0.538. The number of pyridine rings is 1. The molecule has 1 saturated carbocycles. The van der Waals surface area contributed by atoms with Gasteiger partial charge in [-0.15, -0.1) is 0 Å². The minimum Gasteiger partial charge on any atom is -0.490 e. The predicted octanol–water partition coefficient (Wildman–Crippen LogP) is 1.24. The quantitative estimate of drug-likeness (QED) is 0.797. The molecule has 0 amide bonds. The van der Waals surface area contributed by atoms with Crippen molar-refractivity contribution in [2.75, 3.05) is 20.7 Å². The zero-order chi connectivity index (χ0) is 13.0. The van der Waals surface area contributed by atoms with Crippen LogP contribution in [0, 0.1) is 5.92 Å². The van der Waals surface area contributed by atoms with Gasteiger partial charge in [-0.1, -0.05) is 0 Å². The van der Waals surface area contributed by atoms with Crippen molar-refractivity contribution in [1.82, 2.24) is 10.3 Å². The molecule has 1 aliphatic rings. The van der Waals surface area contributed by atoms with Crippen molar-refractivity contribution < 1.29 is 14.3 Å². The first-order valence-corrected chi connectivity index (χ1v) is 6.08. The van der Waals surface area contributed by atoms with E-state index in [0.717, 1.165) is 19.4 Å². The van der Waals surface area contributed by atoms with Crippen LogP contribution in [0.2, 0.25) is 0 Å². The summed E-state index contributed by atoms with van der Waals surface area (Å²) in [6.45, 7) is 1.03. The van der Waals surface area contributed by atoms with Gasteiger partial charge in [0.15, 0.2) is 5.69 Å². The number of carbonyl (C=O) groups is 1. The molecule has 1 N–H and O–H groups in total. The number of nitrogens with one attached hydrogen (secondary N) is 1. The first kappa shape index (κ1) is 12.8. The van der Waals surface area contributed by atoms with Gasteiger partial charge in [0, 0.05) is 12.3 Å². The zero-order valence-corrected chi connectivity index (χ0v) is 10.7. The highest BCUT2D eigenvalue weighted by Gasteiger charge is 2.30. The zero-order valence-electron chi connectivity index (χ0n) is 10.7. The summed E-state index contributed by atoms with van der Waals surface area (Å²) in [7, 11) is 3.30. The maximum absolute atomic E-state index is 11.3. The smallest absolute Gasteiger partial charge is 0.356 e. The van der Waals surface area contributed by atoms with Gasteiger partial charge in [0.2, 0.25) is 0 Å². The van der Waals surface area contributed by atoms with E-state index in [1.165, 1.54) is 7.11 Å². The van der Waals surface area contributed by atoms with Gasteiger partial charge in [-0.05, 0) is 38.4 Å². The van der Waals surface area contributed by atoms with Gasteiger partial charge in [-0.2, -0.15) is 0 Å². The highest BCUT2D eigenvalue weighted by Crippen LogP contribution is 2.30. The van der Waals surface area contributed by atoms with Crippen LogP contribution in [0.15, 0.2) is 18.3 Å². The molecule has 2 rings (SSSR count). The van der Waals surface area contributed by atoms with Gasteiger partial charge in [0.25, 0.3) is 0 Å². The van der Waals surface area contributed by atoms with E-state index in [0.29, 0.717) is 11.7 Å². The molecule has 0 spiro atoms. The van der Waals surface area contributed by atoms with Crippen LogP contribution in [0.1, 0.15) is 23.3 Å². The molecular weight excluding hydrogens is 232 g/mol. The first-order chi connectivity index (χ1) is 8.72. The molecule has 1 aromatic rings. The Bertz CT molecular complexity index is 416. The van der Waals surface area contributed by atoms with E-state index >= 15 is 0 Å². The number of hydrogen-bond acceptors (Lipinski definition) is 5. The van der Waals surface area contributed by atoms with Crippen molar-refractivity contribution in [3.63, 3.8) is 0 Å². The van der Waals surface area contributed by atoms with Crippen LogP contribution in [0.3, 0.4) is 0 Å². The molecule has 0 radical (unpaired) electrons. The second-order valence-corrected chi connectivity index (χ2v) is 4.50.